The summed E-state index contributed by atoms with van der Waals surface area (Å²) in [4.78, 5) is 3.98. The molecule has 0 N–H and O–H groups in total. The summed E-state index contributed by atoms with van der Waals surface area (Å²) < 4.78 is 43.9. The Morgan fingerprint density at radius 1 is 1.30 bits per heavy atom. The summed E-state index contributed by atoms with van der Waals surface area (Å²) >= 11 is 0. The lowest BCUT2D eigenvalue weighted by Gasteiger charge is -2.05. The molecule has 0 aliphatic rings. The Hall–Kier alpha value is -2.49. The molecule has 0 fully saturated rings. The Labute approximate surface area is 113 Å². The topological polar surface area (TPSA) is 39.9 Å². The molecule has 0 radical (unpaired) electrons. The zero-order chi connectivity index (χ0) is 14.9. The van der Waals surface area contributed by atoms with Gasteiger partial charge in [-0.15, -0.1) is 6.42 Å². The van der Waals surface area contributed by atoms with E-state index in [2.05, 4.69) is 16.0 Å². The van der Waals surface area contributed by atoms with Crippen molar-refractivity contribution in [3.05, 3.63) is 35.2 Å². The number of aryl methyl sites for hydroxylation is 2. The van der Waals surface area contributed by atoms with Gasteiger partial charge in [-0.2, -0.15) is 18.3 Å². The van der Waals surface area contributed by atoms with Crippen molar-refractivity contribution in [3.63, 3.8) is 0 Å². The van der Waals surface area contributed by atoms with E-state index in [4.69, 9.17) is 11.2 Å². The van der Waals surface area contributed by atoms with E-state index in [1.54, 1.807) is 19.1 Å². The van der Waals surface area contributed by atoms with Crippen molar-refractivity contribution < 1.29 is 17.9 Å². The molecule has 0 bridgehead atoms. The highest BCUT2D eigenvalue weighted by Crippen LogP contribution is 2.31. The molecule has 2 rings (SSSR count). The van der Waals surface area contributed by atoms with Crippen molar-refractivity contribution in [1.82, 2.24) is 14.8 Å². The predicted octanol–water partition coefficient (Wildman–Crippen LogP) is 2.92. The summed E-state index contributed by atoms with van der Waals surface area (Å²) in [5.41, 5.74) is 0.110. The highest BCUT2D eigenvalue weighted by Gasteiger charge is 2.35. The monoisotopic (exact) mass is 281 g/mol. The number of aromatic nitrogens is 3. The number of halogens is 3. The fraction of sp³-hybridized carbons (Fsp3) is 0.231. The van der Waals surface area contributed by atoms with Gasteiger partial charge in [0, 0.05) is 19.2 Å². The number of pyridine rings is 1. The minimum Gasteiger partial charge on any atom is -0.421 e. The van der Waals surface area contributed by atoms with E-state index in [1.165, 1.54) is 7.05 Å². The lowest BCUT2D eigenvalue weighted by molar-refractivity contribution is -0.141. The lowest BCUT2D eigenvalue weighted by Crippen LogP contribution is -2.06. The van der Waals surface area contributed by atoms with Crippen LogP contribution in [0.4, 0.5) is 13.2 Å². The van der Waals surface area contributed by atoms with E-state index in [0.29, 0.717) is 5.69 Å². The molecule has 0 amide bonds. The second kappa shape index (κ2) is 4.89. The van der Waals surface area contributed by atoms with Gasteiger partial charge >= 0.3 is 6.18 Å². The van der Waals surface area contributed by atoms with E-state index in [0.717, 1.165) is 16.3 Å². The van der Waals surface area contributed by atoms with Gasteiger partial charge in [-0.25, -0.2) is 9.67 Å². The van der Waals surface area contributed by atoms with Crippen molar-refractivity contribution in [2.75, 3.05) is 0 Å². The van der Waals surface area contributed by atoms with Crippen LogP contribution in [-0.4, -0.2) is 14.8 Å². The third-order valence-corrected chi connectivity index (χ3v) is 2.43. The van der Waals surface area contributed by atoms with Gasteiger partial charge in [-0.05, 0) is 18.6 Å². The molecular weight excluding hydrogens is 271 g/mol. The maximum atomic E-state index is 12.5. The van der Waals surface area contributed by atoms with E-state index >= 15 is 0 Å². The molecule has 2 aromatic heterocycles. The molecule has 104 valence electrons. The van der Waals surface area contributed by atoms with Gasteiger partial charge in [0.2, 0.25) is 11.8 Å². The SMILES string of the molecule is C#Cc1cc(C)cc(Oc2cc(C(F)(F)F)nn2C)n1. The maximum absolute atomic E-state index is 12.5. The Bertz CT molecular complexity index is 683. The van der Waals surface area contributed by atoms with Crippen LogP contribution < -0.4 is 4.74 Å². The number of terminal acetylenes is 1. The molecule has 0 saturated carbocycles. The summed E-state index contributed by atoms with van der Waals surface area (Å²) in [6.45, 7) is 1.78. The molecule has 0 aliphatic heterocycles. The third kappa shape index (κ3) is 2.91. The van der Waals surface area contributed by atoms with Crippen LogP contribution in [0.2, 0.25) is 0 Å². The normalized spacial score (nSPS) is 11.2. The highest BCUT2D eigenvalue weighted by atomic mass is 19.4. The molecule has 7 heteroatoms. The van der Waals surface area contributed by atoms with Crippen molar-refractivity contribution in [1.29, 1.82) is 0 Å². The van der Waals surface area contributed by atoms with Crippen molar-refractivity contribution in [2.45, 2.75) is 13.1 Å². The number of alkyl halides is 3. The average Bonchev–Trinajstić information content (AvgIpc) is 2.70. The van der Waals surface area contributed by atoms with Crippen LogP contribution in [0.15, 0.2) is 18.2 Å². The molecular formula is C13H10F3N3O. The quantitative estimate of drug-likeness (QED) is 0.795. The van der Waals surface area contributed by atoms with E-state index in [-0.39, 0.29) is 11.8 Å². The van der Waals surface area contributed by atoms with Crippen LogP contribution in [0.25, 0.3) is 0 Å². The summed E-state index contributed by atoms with van der Waals surface area (Å²) in [7, 11) is 1.35. The van der Waals surface area contributed by atoms with Gasteiger partial charge in [0.05, 0.1) is 0 Å². The van der Waals surface area contributed by atoms with Gasteiger partial charge in [0.1, 0.15) is 5.69 Å². The van der Waals surface area contributed by atoms with Crippen LogP contribution in [0.3, 0.4) is 0 Å². The van der Waals surface area contributed by atoms with E-state index < -0.39 is 11.9 Å². The predicted molar refractivity (Wildman–Crippen MR) is 65.2 cm³/mol. The maximum Gasteiger partial charge on any atom is 0.435 e. The van der Waals surface area contributed by atoms with Gasteiger partial charge in [0.15, 0.2) is 5.69 Å². The first-order valence-electron chi connectivity index (χ1n) is 5.54. The molecule has 0 unspecified atom stereocenters. The van der Waals surface area contributed by atoms with Crippen LogP contribution in [-0.2, 0) is 13.2 Å². The fourth-order valence-corrected chi connectivity index (χ4v) is 1.55. The second-order valence-corrected chi connectivity index (χ2v) is 4.10. The van der Waals surface area contributed by atoms with Gasteiger partial charge in [-0.1, -0.05) is 5.92 Å². The summed E-state index contributed by atoms with van der Waals surface area (Å²) in [6.07, 6.45) is 0.713. The smallest absolute Gasteiger partial charge is 0.421 e. The first-order chi connectivity index (χ1) is 9.29. The molecule has 2 aromatic rings. The molecule has 4 nitrogen and oxygen atoms in total. The number of hydrogen-bond acceptors (Lipinski definition) is 3. The van der Waals surface area contributed by atoms with E-state index in [9.17, 15) is 13.2 Å². The van der Waals surface area contributed by atoms with Crippen molar-refractivity contribution >= 4 is 0 Å². The Morgan fingerprint density at radius 3 is 2.55 bits per heavy atom. The summed E-state index contributed by atoms with van der Waals surface area (Å²) in [5.74, 6) is 2.39. The Balaban J connectivity index is 2.33. The Kier molecular flexibility index (Phi) is 3.40. The molecule has 20 heavy (non-hydrogen) atoms. The number of hydrogen-bond donors (Lipinski definition) is 0. The second-order valence-electron chi connectivity index (χ2n) is 4.10. The average molecular weight is 281 g/mol. The minimum absolute atomic E-state index is 0.0709. The first-order valence-corrected chi connectivity index (χ1v) is 5.54. The Morgan fingerprint density at radius 2 is 2.00 bits per heavy atom. The lowest BCUT2D eigenvalue weighted by atomic mass is 10.2. The van der Waals surface area contributed by atoms with Gasteiger partial charge in [0.25, 0.3) is 0 Å². The fourth-order valence-electron chi connectivity index (χ4n) is 1.55. The first kappa shape index (κ1) is 13.9. The van der Waals surface area contributed by atoms with E-state index in [1.807, 2.05) is 0 Å². The standard InChI is InChI=1S/C13H10F3N3O/c1-4-9-5-8(2)6-11(17-9)20-12-7-10(13(14,15)16)18-19(12)3/h1,5-7H,2-3H3. The van der Waals surface area contributed by atoms with Crippen molar-refractivity contribution in [3.8, 4) is 24.1 Å². The molecule has 2 heterocycles. The number of rotatable bonds is 2. The zero-order valence-corrected chi connectivity index (χ0v) is 10.7. The number of nitrogens with zero attached hydrogens (tertiary/aromatic N) is 3. The van der Waals surface area contributed by atoms with Crippen LogP contribution in [0.5, 0.6) is 11.8 Å². The molecule has 0 saturated heterocycles. The molecule has 0 spiro atoms. The third-order valence-electron chi connectivity index (χ3n) is 2.43. The summed E-state index contributed by atoms with van der Waals surface area (Å²) in [5, 5.41) is 3.34. The highest BCUT2D eigenvalue weighted by molar-refractivity contribution is 5.34. The molecule has 0 aliphatic carbocycles. The largest absolute Gasteiger partial charge is 0.435 e. The van der Waals surface area contributed by atoms with Crippen LogP contribution >= 0.6 is 0 Å². The van der Waals surface area contributed by atoms with Crippen LogP contribution in [0.1, 0.15) is 17.0 Å². The number of ether oxygens (including phenoxy) is 1. The van der Waals surface area contributed by atoms with Gasteiger partial charge in [-0.3, -0.25) is 0 Å². The van der Waals surface area contributed by atoms with Crippen molar-refractivity contribution in [2.24, 2.45) is 7.05 Å². The van der Waals surface area contributed by atoms with Gasteiger partial charge < -0.3 is 4.74 Å². The molecule has 0 aromatic carbocycles. The molecule has 0 atom stereocenters. The minimum atomic E-state index is -4.52. The zero-order valence-electron chi connectivity index (χ0n) is 10.7. The van der Waals surface area contributed by atoms with Crippen LogP contribution in [0, 0.1) is 19.3 Å². The summed E-state index contributed by atoms with van der Waals surface area (Å²) in [6, 6.07) is 4.04.